The second kappa shape index (κ2) is 5.11. The second-order valence-corrected chi connectivity index (χ2v) is 6.56. The van der Waals surface area contributed by atoms with E-state index in [2.05, 4.69) is 4.98 Å². The van der Waals surface area contributed by atoms with Gasteiger partial charge in [-0.2, -0.15) is 0 Å². The van der Waals surface area contributed by atoms with Crippen LogP contribution in [-0.4, -0.2) is 31.0 Å². The van der Waals surface area contributed by atoms with Crippen molar-refractivity contribution in [2.45, 2.75) is 13.8 Å². The molecule has 1 aromatic heterocycles. The smallest absolute Gasteiger partial charge is 0.278 e. The van der Waals surface area contributed by atoms with Gasteiger partial charge in [-0.05, 0) is 32.0 Å². The SMILES string of the molecule is Cc1nc(C(=O)N2CCN(C)c3ccc(F)cc32)c(C)s1. The van der Waals surface area contributed by atoms with Gasteiger partial charge in [-0.3, -0.25) is 4.79 Å². The molecule has 0 bridgehead atoms. The lowest BCUT2D eigenvalue weighted by Gasteiger charge is -2.35. The van der Waals surface area contributed by atoms with E-state index >= 15 is 0 Å². The molecule has 2 heterocycles. The molecular formula is C15H16FN3OS. The van der Waals surface area contributed by atoms with Gasteiger partial charge in [0.25, 0.3) is 5.91 Å². The number of amides is 1. The molecule has 21 heavy (non-hydrogen) atoms. The van der Waals surface area contributed by atoms with Crippen LogP contribution in [0.1, 0.15) is 20.4 Å². The third kappa shape index (κ3) is 2.40. The largest absolute Gasteiger partial charge is 0.371 e. The van der Waals surface area contributed by atoms with Crippen molar-refractivity contribution >= 4 is 28.6 Å². The summed E-state index contributed by atoms with van der Waals surface area (Å²) in [5, 5.41) is 0.865. The Morgan fingerprint density at radius 1 is 1.29 bits per heavy atom. The molecule has 1 amide bonds. The fourth-order valence-electron chi connectivity index (χ4n) is 2.59. The third-order valence-electron chi connectivity index (χ3n) is 3.65. The van der Waals surface area contributed by atoms with Crippen molar-refractivity contribution in [1.29, 1.82) is 0 Å². The Morgan fingerprint density at radius 2 is 2.05 bits per heavy atom. The molecule has 1 aliphatic heterocycles. The molecule has 0 spiro atoms. The predicted octanol–water partition coefficient (Wildman–Crippen LogP) is 3.00. The molecule has 0 saturated carbocycles. The van der Waals surface area contributed by atoms with Crippen LogP contribution in [-0.2, 0) is 0 Å². The fraction of sp³-hybridized carbons (Fsp3) is 0.333. The Kier molecular flexibility index (Phi) is 3.41. The van der Waals surface area contributed by atoms with E-state index in [-0.39, 0.29) is 11.7 Å². The van der Waals surface area contributed by atoms with Gasteiger partial charge in [0.05, 0.1) is 16.4 Å². The number of anilines is 2. The van der Waals surface area contributed by atoms with Crippen molar-refractivity contribution < 1.29 is 9.18 Å². The molecule has 4 nitrogen and oxygen atoms in total. The zero-order chi connectivity index (χ0) is 15.1. The van der Waals surface area contributed by atoms with Gasteiger partial charge in [-0.25, -0.2) is 9.37 Å². The van der Waals surface area contributed by atoms with E-state index in [1.54, 1.807) is 11.0 Å². The average molecular weight is 305 g/mol. The van der Waals surface area contributed by atoms with Gasteiger partial charge < -0.3 is 9.80 Å². The fourth-order valence-corrected chi connectivity index (χ4v) is 3.40. The van der Waals surface area contributed by atoms with Gasteiger partial charge in [0, 0.05) is 25.0 Å². The van der Waals surface area contributed by atoms with Gasteiger partial charge in [0.1, 0.15) is 11.5 Å². The topological polar surface area (TPSA) is 36.4 Å². The number of fused-ring (bicyclic) bond motifs is 1. The number of hydrogen-bond acceptors (Lipinski definition) is 4. The Hall–Kier alpha value is -1.95. The van der Waals surface area contributed by atoms with Gasteiger partial charge in [-0.15, -0.1) is 11.3 Å². The summed E-state index contributed by atoms with van der Waals surface area (Å²) in [6.07, 6.45) is 0. The highest BCUT2D eigenvalue weighted by molar-refractivity contribution is 7.11. The summed E-state index contributed by atoms with van der Waals surface area (Å²) in [7, 11) is 1.94. The van der Waals surface area contributed by atoms with E-state index in [1.807, 2.05) is 25.8 Å². The number of rotatable bonds is 1. The van der Waals surface area contributed by atoms with Crippen molar-refractivity contribution in [1.82, 2.24) is 4.98 Å². The van der Waals surface area contributed by atoms with E-state index in [0.29, 0.717) is 24.5 Å². The standard InChI is InChI=1S/C15H16FN3OS/c1-9-14(17-10(2)21-9)15(20)19-7-6-18(3)12-5-4-11(16)8-13(12)19/h4-5,8H,6-7H2,1-3H3. The second-order valence-electron chi connectivity index (χ2n) is 5.15. The maximum absolute atomic E-state index is 13.6. The van der Waals surface area contributed by atoms with E-state index < -0.39 is 0 Å². The number of carbonyl (C=O) groups is 1. The van der Waals surface area contributed by atoms with Crippen LogP contribution >= 0.6 is 11.3 Å². The summed E-state index contributed by atoms with van der Waals surface area (Å²) in [6, 6.07) is 4.54. The first-order chi connectivity index (χ1) is 9.97. The molecule has 0 N–H and O–H groups in total. The Morgan fingerprint density at radius 3 is 2.71 bits per heavy atom. The molecule has 1 aromatic carbocycles. The number of carbonyl (C=O) groups excluding carboxylic acids is 1. The summed E-state index contributed by atoms with van der Waals surface area (Å²) in [5.41, 5.74) is 1.94. The number of benzene rings is 1. The van der Waals surface area contributed by atoms with Crippen LogP contribution in [0.3, 0.4) is 0 Å². The van der Waals surface area contributed by atoms with Crippen molar-refractivity contribution in [3.63, 3.8) is 0 Å². The van der Waals surface area contributed by atoms with Crippen molar-refractivity contribution in [3.8, 4) is 0 Å². The number of aromatic nitrogens is 1. The number of hydrogen-bond donors (Lipinski definition) is 0. The van der Waals surface area contributed by atoms with Crippen LogP contribution in [0.2, 0.25) is 0 Å². The number of thiazole rings is 1. The van der Waals surface area contributed by atoms with Gasteiger partial charge in [-0.1, -0.05) is 0 Å². The molecule has 6 heteroatoms. The molecular weight excluding hydrogens is 289 g/mol. The van der Waals surface area contributed by atoms with Crippen LogP contribution in [0, 0.1) is 19.7 Å². The lowest BCUT2D eigenvalue weighted by molar-refractivity contribution is 0.0982. The minimum absolute atomic E-state index is 0.156. The maximum Gasteiger partial charge on any atom is 0.278 e. The minimum atomic E-state index is -0.340. The quantitative estimate of drug-likeness (QED) is 0.812. The van der Waals surface area contributed by atoms with Crippen LogP contribution < -0.4 is 9.80 Å². The number of aryl methyl sites for hydroxylation is 2. The van der Waals surface area contributed by atoms with Gasteiger partial charge >= 0.3 is 0 Å². The summed E-state index contributed by atoms with van der Waals surface area (Å²) >= 11 is 1.50. The molecule has 3 rings (SSSR count). The van der Waals surface area contributed by atoms with Crippen molar-refractivity contribution in [2.75, 3.05) is 29.9 Å². The third-order valence-corrected chi connectivity index (χ3v) is 4.54. The van der Waals surface area contributed by atoms with Crippen LogP contribution in [0.4, 0.5) is 15.8 Å². The lowest BCUT2D eigenvalue weighted by Crippen LogP contribution is -2.43. The molecule has 0 saturated heterocycles. The van der Waals surface area contributed by atoms with Gasteiger partial charge in [0.15, 0.2) is 0 Å². The van der Waals surface area contributed by atoms with Crippen molar-refractivity contribution in [3.05, 3.63) is 39.6 Å². The molecule has 0 unspecified atom stereocenters. The lowest BCUT2D eigenvalue weighted by atomic mass is 10.1. The average Bonchev–Trinajstić information content (AvgIpc) is 2.77. The van der Waals surface area contributed by atoms with E-state index in [1.165, 1.54) is 23.5 Å². The van der Waals surface area contributed by atoms with Crippen LogP contribution in [0.25, 0.3) is 0 Å². The van der Waals surface area contributed by atoms with Crippen molar-refractivity contribution in [2.24, 2.45) is 0 Å². The van der Waals surface area contributed by atoms with Crippen LogP contribution in [0.15, 0.2) is 18.2 Å². The van der Waals surface area contributed by atoms with E-state index in [9.17, 15) is 9.18 Å². The molecule has 0 aliphatic carbocycles. The van der Waals surface area contributed by atoms with E-state index in [0.717, 1.165) is 15.6 Å². The summed E-state index contributed by atoms with van der Waals surface area (Å²) in [4.78, 5) is 21.6. The number of likely N-dealkylation sites (N-methyl/N-ethyl adjacent to an activating group) is 1. The first-order valence-electron chi connectivity index (χ1n) is 6.74. The first-order valence-corrected chi connectivity index (χ1v) is 7.55. The summed E-state index contributed by atoms with van der Waals surface area (Å²) in [6.45, 7) is 5.01. The Bertz CT molecular complexity index is 713. The molecule has 0 radical (unpaired) electrons. The molecule has 1 aliphatic rings. The predicted molar refractivity (Wildman–Crippen MR) is 82.9 cm³/mol. The highest BCUT2D eigenvalue weighted by atomic mass is 32.1. The Labute approximate surface area is 126 Å². The molecule has 110 valence electrons. The minimum Gasteiger partial charge on any atom is -0.371 e. The zero-order valence-electron chi connectivity index (χ0n) is 12.2. The first kappa shape index (κ1) is 14.0. The normalized spacial score (nSPS) is 14.3. The molecule has 0 fully saturated rings. The molecule has 2 aromatic rings. The van der Waals surface area contributed by atoms with Crippen LogP contribution in [0.5, 0.6) is 0 Å². The van der Waals surface area contributed by atoms with Gasteiger partial charge in [0.2, 0.25) is 0 Å². The summed E-state index contributed by atoms with van der Waals surface area (Å²) in [5.74, 6) is -0.496. The number of nitrogens with zero attached hydrogens (tertiary/aromatic N) is 3. The number of halogens is 1. The highest BCUT2D eigenvalue weighted by Crippen LogP contribution is 2.34. The Balaban J connectivity index is 2.04. The molecule has 0 atom stereocenters. The highest BCUT2D eigenvalue weighted by Gasteiger charge is 2.28. The van der Waals surface area contributed by atoms with E-state index in [4.69, 9.17) is 0 Å². The monoisotopic (exact) mass is 305 g/mol. The maximum atomic E-state index is 13.6. The zero-order valence-corrected chi connectivity index (χ0v) is 13.0. The summed E-state index contributed by atoms with van der Waals surface area (Å²) < 4.78 is 13.6.